The molecule has 0 spiro atoms. The summed E-state index contributed by atoms with van der Waals surface area (Å²) in [5.74, 6) is 0.00178. The Labute approximate surface area is 139 Å². The minimum Gasteiger partial charge on any atom is -0.359 e. The fraction of sp³-hybridized carbons (Fsp3) is 0.278. The number of H-pyrrole nitrogens is 1. The molecule has 0 aliphatic carbocycles. The summed E-state index contributed by atoms with van der Waals surface area (Å²) in [6.45, 7) is 1.14. The Morgan fingerprint density at radius 3 is 2.92 bits per heavy atom. The number of para-hydroxylation sites is 1. The van der Waals surface area contributed by atoms with Gasteiger partial charge in [0.05, 0.1) is 11.7 Å². The van der Waals surface area contributed by atoms with Crippen LogP contribution in [0.4, 0.5) is 0 Å². The van der Waals surface area contributed by atoms with Gasteiger partial charge in [-0.3, -0.25) is 14.6 Å². The van der Waals surface area contributed by atoms with Gasteiger partial charge < -0.3 is 15.6 Å². The van der Waals surface area contributed by atoms with Gasteiger partial charge in [-0.2, -0.15) is 0 Å². The molecule has 2 amide bonds. The van der Waals surface area contributed by atoms with E-state index >= 15 is 0 Å². The molecule has 0 fully saturated rings. The highest BCUT2D eigenvalue weighted by atomic mass is 16.1. The number of aryl methyl sites for hydroxylation is 1. The number of aromatic nitrogens is 2. The molecule has 6 nitrogen and oxygen atoms in total. The van der Waals surface area contributed by atoms with Gasteiger partial charge in [0, 0.05) is 41.5 Å². The van der Waals surface area contributed by atoms with Crippen LogP contribution in [0.5, 0.6) is 0 Å². The number of benzene rings is 1. The van der Waals surface area contributed by atoms with Crippen molar-refractivity contribution >= 4 is 34.1 Å². The molecule has 6 heteroatoms. The fourth-order valence-corrected chi connectivity index (χ4v) is 2.74. The number of nitrogens with one attached hydrogen (secondary N) is 3. The normalized spacial score (nSPS) is 10.8. The van der Waals surface area contributed by atoms with Crippen LogP contribution < -0.4 is 10.6 Å². The number of nitrogens with zero attached hydrogens (tertiary/aromatic N) is 1. The lowest BCUT2D eigenvalue weighted by Crippen LogP contribution is -2.27. The lowest BCUT2D eigenvalue weighted by atomic mass is 10.1. The second kappa shape index (κ2) is 7.59. The van der Waals surface area contributed by atoms with E-state index in [1.165, 1.54) is 5.39 Å². The summed E-state index contributed by atoms with van der Waals surface area (Å²) >= 11 is 0. The topological polar surface area (TPSA) is 86.9 Å². The number of aromatic amines is 1. The standard InChI is InChI=1S/C18H20N4O2/c23-12-19-8-3-9-20-18(24)7-6-13-10-15-14-4-1-2-5-16(14)22-17(15)11-21-13/h1-2,4-5,10-12,22H,3,6-9H2,(H,19,23)(H,20,24). The first-order valence-corrected chi connectivity index (χ1v) is 8.07. The van der Waals surface area contributed by atoms with E-state index < -0.39 is 0 Å². The number of carbonyl (C=O) groups excluding carboxylic acids is 2. The van der Waals surface area contributed by atoms with Crippen LogP contribution in [0, 0.1) is 0 Å². The molecule has 0 saturated heterocycles. The van der Waals surface area contributed by atoms with E-state index in [4.69, 9.17) is 0 Å². The van der Waals surface area contributed by atoms with Gasteiger partial charge in [0.15, 0.2) is 0 Å². The predicted octanol–water partition coefficient (Wildman–Crippen LogP) is 1.90. The van der Waals surface area contributed by atoms with Crippen molar-refractivity contribution in [2.75, 3.05) is 13.1 Å². The second-order valence-electron chi connectivity index (χ2n) is 5.67. The fourth-order valence-electron chi connectivity index (χ4n) is 2.74. The Balaban J connectivity index is 1.58. The number of pyridine rings is 1. The van der Waals surface area contributed by atoms with Gasteiger partial charge in [-0.1, -0.05) is 18.2 Å². The van der Waals surface area contributed by atoms with E-state index in [9.17, 15) is 9.59 Å². The molecule has 0 bridgehead atoms. The maximum Gasteiger partial charge on any atom is 0.220 e. The second-order valence-corrected chi connectivity index (χ2v) is 5.67. The minimum absolute atomic E-state index is 0.00178. The lowest BCUT2D eigenvalue weighted by Gasteiger charge is -2.05. The Morgan fingerprint density at radius 2 is 2.04 bits per heavy atom. The van der Waals surface area contributed by atoms with Crippen LogP contribution in [0.1, 0.15) is 18.5 Å². The maximum atomic E-state index is 11.8. The molecule has 2 heterocycles. The van der Waals surface area contributed by atoms with Crippen LogP contribution in [-0.2, 0) is 16.0 Å². The van der Waals surface area contributed by atoms with E-state index in [0.29, 0.717) is 32.3 Å². The molecule has 0 saturated carbocycles. The SMILES string of the molecule is O=CNCCCNC(=O)CCc1cc2c(cn1)[nH]c1ccccc12. The molecule has 2 aromatic heterocycles. The van der Waals surface area contributed by atoms with Crippen molar-refractivity contribution < 1.29 is 9.59 Å². The maximum absolute atomic E-state index is 11.8. The third-order valence-electron chi connectivity index (χ3n) is 3.96. The molecule has 24 heavy (non-hydrogen) atoms. The quantitative estimate of drug-likeness (QED) is 0.437. The average Bonchev–Trinajstić information content (AvgIpc) is 2.98. The van der Waals surface area contributed by atoms with Gasteiger partial charge >= 0.3 is 0 Å². The Kier molecular flexibility index (Phi) is 5.05. The van der Waals surface area contributed by atoms with Crippen molar-refractivity contribution in [1.82, 2.24) is 20.6 Å². The first kappa shape index (κ1) is 16.0. The predicted molar refractivity (Wildman–Crippen MR) is 93.6 cm³/mol. The zero-order chi connectivity index (χ0) is 16.8. The van der Waals surface area contributed by atoms with Crippen LogP contribution in [0.15, 0.2) is 36.5 Å². The highest BCUT2D eigenvalue weighted by molar-refractivity contribution is 6.06. The number of hydrogen-bond acceptors (Lipinski definition) is 3. The number of rotatable bonds is 8. The van der Waals surface area contributed by atoms with E-state index in [-0.39, 0.29) is 5.91 Å². The molecule has 3 N–H and O–H groups in total. The van der Waals surface area contributed by atoms with Crippen molar-refractivity contribution in [3.8, 4) is 0 Å². The third kappa shape index (κ3) is 3.71. The first-order chi connectivity index (χ1) is 11.8. The Bertz CT molecular complexity index is 856. The highest BCUT2D eigenvalue weighted by Gasteiger charge is 2.07. The zero-order valence-electron chi connectivity index (χ0n) is 13.3. The molecule has 0 aliphatic heterocycles. The molecule has 3 aromatic rings. The first-order valence-electron chi connectivity index (χ1n) is 8.07. The van der Waals surface area contributed by atoms with Gasteiger partial charge in [0.25, 0.3) is 0 Å². The van der Waals surface area contributed by atoms with Gasteiger partial charge in [0.1, 0.15) is 0 Å². The molecule has 0 unspecified atom stereocenters. The van der Waals surface area contributed by atoms with E-state index in [1.807, 2.05) is 24.4 Å². The Hall–Kier alpha value is -2.89. The van der Waals surface area contributed by atoms with Crippen LogP contribution in [0.3, 0.4) is 0 Å². The van der Waals surface area contributed by atoms with Gasteiger partial charge in [-0.15, -0.1) is 0 Å². The summed E-state index contributed by atoms with van der Waals surface area (Å²) in [6, 6.07) is 10.2. The average molecular weight is 324 g/mol. The number of amides is 2. The molecule has 0 atom stereocenters. The summed E-state index contributed by atoms with van der Waals surface area (Å²) in [4.78, 5) is 29.7. The highest BCUT2D eigenvalue weighted by Crippen LogP contribution is 2.25. The van der Waals surface area contributed by atoms with Crippen molar-refractivity contribution in [2.45, 2.75) is 19.3 Å². The van der Waals surface area contributed by atoms with E-state index in [2.05, 4.69) is 32.7 Å². The molecule has 0 radical (unpaired) electrons. The number of hydrogen-bond donors (Lipinski definition) is 3. The van der Waals surface area contributed by atoms with Crippen molar-refractivity contribution in [3.63, 3.8) is 0 Å². The molecule has 3 rings (SSSR count). The van der Waals surface area contributed by atoms with Gasteiger partial charge in [0.2, 0.25) is 12.3 Å². The van der Waals surface area contributed by atoms with Crippen LogP contribution in [0.25, 0.3) is 21.8 Å². The van der Waals surface area contributed by atoms with Crippen LogP contribution in [-0.4, -0.2) is 35.4 Å². The van der Waals surface area contributed by atoms with Gasteiger partial charge in [-0.25, -0.2) is 0 Å². The van der Waals surface area contributed by atoms with E-state index in [0.717, 1.165) is 28.5 Å². The summed E-state index contributed by atoms with van der Waals surface area (Å²) in [7, 11) is 0. The summed E-state index contributed by atoms with van der Waals surface area (Å²) in [5, 5.41) is 7.71. The number of carbonyl (C=O) groups is 2. The summed E-state index contributed by atoms with van der Waals surface area (Å²) in [5.41, 5.74) is 3.00. The van der Waals surface area contributed by atoms with E-state index in [1.54, 1.807) is 0 Å². The largest absolute Gasteiger partial charge is 0.359 e. The third-order valence-corrected chi connectivity index (χ3v) is 3.96. The zero-order valence-corrected chi connectivity index (χ0v) is 13.3. The summed E-state index contributed by atoms with van der Waals surface area (Å²) < 4.78 is 0. The van der Waals surface area contributed by atoms with Gasteiger partial charge in [-0.05, 0) is 25.0 Å². The molecule has 124 valence electrons. The molecule has 1 aromatic carbocycles. The van der Waals surface area contributed by atoms with Crippen molar-refractivity contribution in [3.05, 3.63) is 42.2 Å². The number of fused-ring (bicyclic) bond motifs is 3. The van der Waals surface area contributed by atoms with Crippen molar-refractivity contribution in [2.24, 2.45) is 0 Å². The monoisotopic (exact) mass is 324 g/mol. The molecular weight excluding hydrogens is 304 g/mol. The smallest absolute Gasteiger partial charge is 0.220 e. The minimum atomic E-state index is 0.00178. The summed E-state index contributed by atoms with van der Waals surface area (Å²) in [6.07, 6.45) is 4.22. The molecular formula is C18H20N4O2. The van der Waals surface area contributed by atoms with Crippen LogP contribution in [0.2, 0.25) is 0 Å². The molecule has 0 aliphatic rings. The Morgan fingerprint density at radius 1 is 1.17 bits per heavy atom. The van der Waals surface area contributed by atoms with Crippen molar-refractivity contribution in [1.29, 1.82) is 0 Å². The van der Waals surface area contributed by atoms with Crippen LogP contribution >= 0.6 is 0 Å². The lowest BCUT2D eigenvalue weighted by molar-refractivity contribution is -0.121.